The molecule has 7 heteroatoms. The van der Waals surface area contributed by atoms with Crippen molar-refractivity contribution in [3.63, 3.8) is 0 Å². The van der Waals surface area contributed by atoms with Crippen molar-refractivity contribution in [2.24, 2.45) is 0 Å². The molecule has 0 unspecified atom stereocenters. The number of amides is 1. The van der Waals surface area contributed by atoms with Gasteiger partial charge in [-0.2, -0.15) is 0 Å². The Balaban J connectivity index is 2.29. The molecule has 2 heterocycles. The van der Waals surface area contributed by atoms with Crippen LogP contribution in [-0.4, -0.2) is 27.0 Å². The van der Waals surface area contributed by atoms with Gasteiger partial charge in [-0.15, -0.1) is 0 Å². The topological polar surface area (TPSA) is 112 Å². The number of carboxylic acids is 1. The first-order valence-corrected chi connectivity index (χ1v) is 5.26. The van der Waals surface area contributed by atoms with Crippen molar-refractivity contribution in [3.05, 3.63) is 58.3 Å². The minimum atomic E-state index is -1.18. The molecule has 0 radical (unpaired) electrons. The van der Waals surface area contributed by atoms with Crippen LogP contribution in [0.2, 0.25) is 0 Å². The zero-order valence-electron chi connectivity index (χ0n) is 9.58. The molecule has 0 saturated carbocycles. The SMILES string of the molecule is O=C(Nc1cnccc1C(=O)O)c1cccc(=O)[nH]1. The fourth-order valence-electron chi connectivity index (χ4n) is 1.45. The molecule has 0 bridgehead atoms. The van der Waals surface area contributed by atoms with Gasteiger partial charge in [0.05, 0.1) is 17.4 Å². The second kappa shape index (κ2) is 5.13. The number of hydrogen-bond donors (Lipinski definition) is 3. The zero-order valence-corrected chi connectivity index (χ0v) is 9.58. The summed E-state index contributed by atoms with van der Waals surface area (Å²) < 4.78 is 0. The molecule has 0 saturated heterocycles. The Morgan fingerprint density at radius 3 is 2.74 bits per heavy atom. The minimum absolute atomic E-state index is 0.0349. The molecule has 3 N–H and O–H groups in total. The summed E-state index contributed by atoms with van der Waals surface area (Å²) in [5.41, 5.74) is -0.406. The summed E-state index contributed by atoms with van der Waals surface area (Å²) in [6.07, 6.45) is 2.53. The quantitative estimate of drug-likeness (QED) is 0.751. The second-order valence-corrected chi connectivity index (χ2v) is 3.61. The maximum atomic E-state index is 11.8. The van der Waals surface area contributed by atoms with Gasteiger partial charge in [0.2, 0.25) is 5.56 Å². The Morgan fingerprint density at radius 2 is 2.05 bits per heavy atom. The van der Waals surface area contributed by atoms with E-state index in [0.717, 1.165) is 0 Å². The van der Waals surface area contributed by atoms with Crippen LogP contribution in [0.5, 0.6) is 0 Å². The average molecular weight is 259 g/mol. The number of nitrogens with zero attached hydrogens (tertiary/aromatic N) is 1. The van der Waals surface area contributed by atoms with Crippen LogP contribution < -0.4 is 10.9 Å². The van der Waals surface area contributed by atoms with Gasteiger partial charge in [-0.3, -0.25) is 14.6 Å². The van der Waals surface area contributed by atoms with E-state index < -0.39 is 17.4 Å². The summed E-state index contributed by atoms with van der Waals surface area (Å²) in [6, 6.07) is 5.37. The van der Waals surface area contributed by atoms with Gasteiger partial charge in [-0.05, 0) is 12.1 Å². The number of aromatic nitrogens is 2. The summed E-state index contributed by atoms with van der Waals surface area (Å²) in [6.45, 7) is 0. The van der Waals surface area contributed by atoms with Crippen LogP contribution in [-0.2, 0) is 0 Å². The summed E-state index contributed by atoms with van der Waals surface area (Å²) in [5, 5.41) is 11.3. The Morgan fingerprint density at radius 1 is 1.26 bits per heavy atom. The molecule has 0 atom stereocenters. The fourth-order valence-corrected chi connectivity index (χ4v) is 1.45. The van der Waals surface area contributed by atoms with E-state index in [9.17, 15) is 14.4 Å². The maximum absolute atomic E-state index is 11.8. The van der Waals surface area contributed by atoms with Gasteiger partial charge in [-0.25, -0.2) is 4.79 Å². The van der Waals surface area contributed by atoms with Gasteiger partial charge in [0, 0.05) is 12.3 Å². The molecule has 0 fully saturated rings. The average Bonchev–Trinajstić information content (AvgIpc) is 2.39. The number of carbonyl (C=O) groups excluding carboxylic acids is 1. The van der Waals surface area contributed by atoms with Crippen LogP contribution in [0.3, 0.4) is 0 Å². The molecule has 0 aliphatic rings. The molecule has 2 rings (SSSR count). The molecular weight excluding hydrogens is 250 g/mol. The molecule has 19 heavy (non-hydrogen) atoms. The molecular formula is C12H9N3O4. The molecule has 2 aromatic rings. The third kappa shape index (κ3) is 2.83. The molecule has 2 aromatic heterocycles. The van der Waals surface area contributed by atoms with Gasteiger partial charge in [-0.1, -0.05) is 6.07 Å². The van der Waals surface area contributed by atoms with Gasteiger partial charge in [0.25, 0.3) is 5.91 Å². The first-order chi connectivity index (χ1) is 9.08. The van der Waals surface area contributed by atoms with E-state index in [1.54, 1.807) is 0 Å². The summed E-state index contributed by atoms with van der Waals surface area (Å²) in [7, 11) is 0. The van der Waals surface area contributed by atoms with Gasteiger partial charge in [0.15, 0.2) is 0 Å². The third-order valence-electron chi connectivity index (χ3n) is 2.31. The number of pyridine rings is 2. The first kappa shape index (κ1) is 12.5. The fraction of sp³-hybridized carbons (Fsp3) is 0. The van der Waals surface area contributed by atoms with E-state index in [1.165, 1.54) is 36.7 Å². The smallest absolute Gasteiger partial charge is 0.337 e. The lowest BCUT2D eigenvalue weighted by Crippen LogP contribution is -2.19. The van der Waals surface area contributed by atoms with Crippen LogP contribution in [0, 0.1) is 0 Å². The Bertz CT molecular complexity index is 693. The van der Waals surface area contributed by atoms with Crippen molar-refractivity contribution >= 4 is 17.6 Å². The van der Waals surface area contributed by atoms with Crippen LogP contribution in [0.1, 0.15) is 20.8 Å². The number of aromatic amines is 1. The van der Waals surface area contributed by atoms with E-state index in [2.05, 4.69) is 15.3 Å². The lowest BCUT2D eigenvalue weighted by molar-refractivity contribution is 0.0698. The highest BCUT2D eigenvalue weighted by molar-refractivity contribution is 6.06. The monoisotopic (exact) mass is 259 g/mol. The molecule has 0 aliphatic carbocycles. The van der Waals surface area contributed by atoms with Gasteiger partial charge < -0.3 is 15.4 Å². The van der Waals surface area contributed by atoms with E-state index >= 15 is 0 Å². The van der Waals surface area contributed by atoms with Crippen molar-refractivity contribution in [3.8, 4) is 0 Å². The predicted octanol–water partition coefficient (Wildman–Crippen LogP) is 0.720. The third-order valence-corrected chi connectivity index (χ3v) is 2.31. The standard InChI is InChI=1S/C12H9N3O4/c16-10-3-1-2-8(14-10)11(17)15-9-6-13-5-4-7(9)12(18)19/h1-6H,(H,14,16)(H,15,17)(H,18,19). The highest BCUT2D eigenvalue weighted by Crippen LogP contribution is 2.13. The first-order valence-electron chi connectivity index (χ1n) is 5.26. The summed E-state index contributed by atoms with van der Waals surface area (Å²) >= 11 is 0. The normalized spacial score (nSPS) is 9.89. The Labute approximate surface area is 106 Å². The molecule has 0 spiro atoms. The zero-order chi connectivity index (χ0) is 13.8. The number of carboxylic acid groups (broad SMARTS) is 1. The van der Waals surface area contributed by atoms with Crippen molar-refractivity contribution in [2.75, 3.05) is 5.32 Å². The lowest BCUT2D eigenvalue weighted by atomic mass is 10.2. The molecule has 7 nitrogen and oxygen atoms in total. The van der Waals surface area contributed by atoms with E-state index in [0.29, 0.717) is 0 Å². The predicted molar refractivity (Wildman–Crippen MR) is 66.2 cm³/mol. The number of nitrogens with one attached hydrogen (secondary N) is 2. The van der Waals surface area contributed by atoms with Crippen molar-refractivity contribution < 1.29 is 14.7 Å². The molecule has 1 amide bonds. The number of anilines is 1. The Kier molecular flexibility index (Phi) is 3.37. The number of H-pyrrole nitrogens is 1. The summed E-state index contributed by atoms with van der Waals surface area (Å²) in [5.74, 6) is -1.80. The maximum Gasteiger partial charge on any atom is 0.337 e. The Hall–Kier alpha value is -2.96. The van der Waals surface area contributed by atoms with Crippen LogP contribution >= 0.6 is 0 Å². The van der Waals surface area contributed by atoms with Crippen LogP contribution in [0.25, 0.3) is 0 Å². The van der Waals surface area contributed by atoms with Crippen molar-refractivity contribution in [2.45, 2.75) is 0 Å². The number of hydrogen-bond acceptors (Lipinski definition) is 4. The largest absolute Gasteiger partial charge is 0.478 e. The van der Waals surface area contributed by atoms with E-state index in [4.69, 9.17) is 5.11 Å². The second-order valence-electron chi connectivity index (χ2n) is 3.61. The molecule has 96 valence electrons. The van der Waals surface area contributed by atoms with Gasteiger partial charge >= 0.3 is 5.97 Å². The molecule has 0 aliphatic heterocycles. The van der Waals surface area contributed by atoms with Crippen LogP contribution in [0.15, 0.2) is 41.5 Å². The highest BCUT2D eigenvalue weighted by atomic mass is 16.4. The lowest BCUT2D eigenvalue weighted by Gasteiger charge is -2.07. The highest BCUT2D eigenvalue weighted by Gasteiger charge is 2.13. The van der Waals surface area contributed by atoms with Crippen LogP contribution in [0.4, 0.5) is 5.69 Å². The number of carbonyl (C=O) groups is 2. The number of aromatic carboxylic acids is 1. The van der Waals surface area contributed by atoms with Crippen molar-refractivity contribution in [1.29, 1.82) is 0 Å². The summed E-state index contributed by atoms with van der Waals surface area (Å²) in [4.78, 5) is 40.0. The minimum Gasteiger partial charge on any atom is -0.478 e. The van der Waals surface area contributed by atoms with E-state index in [-0.39, 0.29) is 16.9 Å². The van der Waals surface area contributed by atoms with E-state index in [1.807, 2.05) is 0 Å². The molecule has 0 aromatic carbocycles. The number of rotatable bonds is 3. The van der Waals surface area contributed by atoms with Gasteiger partial charge in [0.1, 0.15) is 5.69 Å². The van der Waals surface area contributed by atoms with Crippen molar-refractivity contribution in [1.82, 2.24) is 9.97 Å².